The van der Waals surface area contributed by atoms with Crippen LogP contribution in [0.3, 0.4) is 0 Å². The Morgan fingerprint density at radius 1 is 1.00 bits per heavy atom. The van der Waals surface area contributed by atoms with Gasteiger partial charge in [0.25, 0.3) is 0 Å². The van der Waals surface area contributed by atoms with Crippen molar-refractivity contribution in [2.24, 2.45) is 0 Å². The molecule has 0 amide bonds. The van der Waals surface area contributed by atoms with E-state index in [0.717, 1.165) is 34.3 Å². The van der Waals surface area contributed by atoms with Crippen LogP contribution in [0.2, 0.25) is 5.15 Å². The molecule has 0 aliphatic carbocycles. The normalized spacial score (nSPS) is 10.6. The molecular weight excluding hydrogens is 326 g/mol. The fraction of sp³-hybridized carbons (Fsp3) is 0.222. The topological polar surface area (TPSA) is 56.3 Å². The summed E-state index contributed by atoms with van der Waals surface area (Å²) in [7, 11) is 3.36. The zero-order valence-corrected chi connectivity index (χ0v) is 14.3. The van der Waals surface area contributed by atoms with Crippen molar-refractivity contribution in [3.05, 3.63) is 53.4 Å². The van der Waals surface area contributed by atoms with Gasteiger partial charge in [0.2, 0.25) is 0 Å². The van der Waals surface area contributed by atoms with Gasteiger partial charge in [0.1, 0.15) is 28.8 Å². The van der Waals surface area contributed by atoms with Crippen molar-refractivity contribution < 1.29 is 9.47 Å². The summed E-state index contributed by atoms with van der Waals surface area (Å²) in [5, 5.41) is 5.86. The summed E-state index contributed by atoms with van der Waals surface area (Å²) >= 11 is 5.87. The molecule has 2 aromatic carbocycles. The number of fused-ring (bicyclic) bond motifs is 1. The van der Waals surface area contributed by atoms with Crippen molar-refractivity contribution in [2.75, 3.05) is 26.1 Å². The second-order valence-electron chi connectivity index (χ2n) is 5.20. The number of nitrogens with zero attached hydrogens (tertiary/aromatic N) is 2. The second kappa shape index (κ2) is 7.36. The van der Waals surface area contributed by atoms with Gasteiger partial charge in [0.15, 0.2) is 0 Å². The van der Waals surface area contributed by atoms with Gasteiger partial charge in [-0.25, -0.2) is 9.97 Å². The van der Waals surface area contributed by atoms with Crippen molar-refractivity contribution >= 4 is 28.2 Å². The van der Waals surface area contributed by atoms with Gasteiger partial charge in [0, 0.05) is 23.6 Å². The Labute approximate surface area is 145 Å². The van der Waals surface area contributed by atoms with E-state index in [0.29, 0.717) is 17.5 Å². The molecule has 0 bridgehead atoms. The van der Waals surface area contributed by atoms with Crippen molar-refractivity contribution in [1.82, 2.24) is 9.97 Å². The molecule has 3 aromatic rings. The van der Waals surface area contributed by atoms with Gasteiger partial charge >= 0.3 is 0 Å². The highest BCUT2D eigenvalue weighted by atomic mass is 35.5. The van der Waals surface area contributed by atoms with Gasteiger partial charge in [-0.2, -0.15) is 0 Å². The molecule has 0 saturated heterocycles. The summed E-state index contributed by atoms with van der Waals surface area (Å²) in [5.41, 5.74) is 1.13. The van der Waals surface area contributed by atoms with E-state index >= 15 is 0 Å². The van der Waals surface area contributed by atoms with E-state index in [1.807, 2.05) is 24.3 Å². The van der Waals surface area contributed by atoms with E-state index in [9.17, 15) is 0 Å². The number of nitrogens with one attached hydrogen (secondary N) is 1. The lowest BCUT2D eigenvalue weighted by molar-refractivity contribution is 0.410. The summed E-state index contributed by atoms with van der Waals surface area (Å²) in [6, 6.07) is 11.7. The zero-order valence-electron chi connectivity index (χ0n) is 13.5. The first kappa shape index (κ1) is 16.3. The fourth-order valence-corrected chi connectivity index (χ4v) is 2.89. The van der Waals surface area contributed by atoms with Crippen molar-refractivity contribution in [1.29, 1.82) is 0 Å². The predicted octanol–water partition coefficient (Wildman–Crippen LogP) is 3.96. The third-order valence-corrected chi connectivity index (χ3v) is 4.05. The minimum absolute atomic E-state index is 0.417. The Kier molecular flexibility index (Phi) is 5.01. The number of anilines is 1. The lowest BCUT2D eigenvalue weighted by Gasteiger charge is -2.14. The van der Waals surface area contributed by atoms with Crippen molar-refractivity contribution in [3.63, 3.8) is 0 Å². The van der Waals surface area contributed by atoms with Crippen molar-refractivity contribution in [2.45, 2.75) is 6.42 Å². The maximum Gasteiger partial charge on any atom is 0.134 e. The van der Waals surface area contributed by atoms with E-state index in [-0.39, 0.29) is 0 Å². The summed E-state index contributed by atoms with van der Waals surface area (Å²) in [6.07, 6.45) is 2.21. The Bertz CT molecular complexity index is 855. The molecule has 0 radical (unpaired) electrons. The molecule has 0 atom stereocenters. The van der Waals surface area contributed by atoms with E-state index in [1.165, 1.54) is 6.33 Å². The highest BCUT2D eigenvalue weighted by Gasteiger charge is 2.11. The maximum absolute atomic E-state index is 5.87. The molecule has 124 valence electrons. The van der Waals surface area contributed by atoms with E-state index in [4.69, 9.17) is 21.1 Å². The van der Waals surface area contributed by atoms with Crippen molar-refractivity contribution in [3.8, 4) is 11.5 Å². The SMILES string of the molecule is COc1ccc2c(OC)cccc2c1CCNc1cc(Cl)ncn1. The van der Waals surface area contributed by atoms with Gasteiger partial charge in [-0.3, -0.25) is 0 Å². The standard InChI is InChI=1S/C18H18ClN3O2/c1-23-15-5-3-4-12-13(15)6-7-16(24-2)14(12)8-9-20-18-10-17(19)21-11-22-18/h3-7,10-11H,8-9H2,1-2H3,(H,20,21,22). The number of aromatic nitrogens is 2. The number of halogens is 1. The number of ether oxygens (including phenoxy) is 2. The van der Waals surface area contributed by atoms with Gasteiger partial charge in [-0.05, 0) is 30.0 Å². The summed E-state index contributed by atoms with van der Waals surface area (Å²) in [4.78, 5) is 8.02. The highest BCUT2D eigenvalue weighted by molar-refractivity contribution is 6.29. The molecule has 0 aliphatic rings. The number of methoxy groups -OCH3 is 2. The number of hydrogen-bond acceptors (Lipinski definition) is 5. The third-order valence-electron chi connectivity index (χ3n) is 3.84. The van der Waals surface area contributed by atoms with Crippen LogP contribution in [0.4, 0.5) is 5.82 Å². The number of rotatable bonds is 6. The van der Waals surface area contributed by atoms with Gasteiger partial charge in [-0.1, -0.05) is 23.7 Å². The van der Waals surface area contributed by atoms with Crippen LogP contribution in [0.25, 0.3) is 10.8 Å². The zero-order chi connectivity index (χ0) is 16.9. The number of hydrogen-bond donors (Lipinski definition) is 1. The van der Waals surface area contributed by atoms with Crippen LogP contribution in [-0.4, -0.2) is 30.7 Å². The van der Waals surface area contributed by atoms with Crippen LogP contribution in [0, 0.1) is 0 Å². The minimum Gasteiger partial charge on any atom is -0.496 e. The van der Waals surface area contributed by atoms with Gasteiger partial charge in [-0.15, -0.1) is 0 Å². The molecule has 5 nitrogen and oxygen atoms in total. The predicted molar refractivity (Wildman–Crippen MR) is 96.3 cm³/mol. The Morgan fingerprint density at radius 2 is 1.83 bits per heavy atom. The second-order valence-corrected chi connectivity index (χ2v) is 5.59. The highest BCUT2D eigenvalue weighted by Crippen LogP contribution is 2.33. The van der Waals surface area contributed by atoms with E-state index in [1.54, 1.807) is 20.3 Å². The van der Waals surface area contributed by atoms with Crippen LogP contribution in [0.5, 0.6) is 11.5 Å². The molecule has 1 N–H and O–H groups in total. The molecule has 0 unspecified atom stereocenters. The first-order valence-corrected chi connectivity index (χ1v) is 7.94. The van der Waals surface area contributed by atoms with Crippen LogP contribution >= 0.6 is 11.6 Å². The van der Waals surface area contributed by atoms with E-state index in [2.05, 4.69) is 21.4 Å². The van der Waals surface area contributed by atoms with Crippen LogP contribution in [0.1, 0.15) is 5.56 Å². The average Bonchev–Trinajstić information content (AvgIpc) is 2.61. The fourth-order valence-electron chi connectivity index (χ4n) is 2.74. The van der Waals surface area contributed by atoms with Crippen LogP contribution in [-0.2, 0) is 6.42 Å². The molecule has 0 aliphatic heterocycles. The molecule has 1 aromatic heterocycles. The lowest BCUT2D eigenvalue weighted by Crippen LogP contribution is -2.08. The van der Waals surface area contributed by atoms with Crippen LogP contribution < -0.4 is 14.8 Å². The lowest BCUT2D eigenvalue weighted by atomic mass is 10.00. The molecule has 6 heteroatoms. The Balaban J connectivity index is 1.87. The molecule has 0 spiro atoms. The summed E-state index contributed by atoms with van der Waals surface area (Å²) < 4.78 is 11.0. The third kappa shape index (κ3) is 3.36. The summed E-state index contributed by atoms with van der Waals surface area (Å²) in [6.45, 7) is 0.694. The molecule has 24 heavy (non-hydrogen) atoms. The minimum atomic E-state index is 0.417. The average molecular weight is 344 g/mol. The smallest absolute Gasteiger partial charge is 0.134 e. The molecule has 0 saturated carbocycles. The Hall–Kier alpha value is -2.53. The first-order valence-electron chi connectivity index (χ1n) is 7.57. The van der Waals surface area contributed by atoms with Crippen LogP contribution in [0.15, 0.2) is 42.7 Å². The molecular formula is C18H18ClN3O2. The molecule has 3 rings (SSSR count). The summed E-state index contributed by atoms with van der Waals surface area (Å²) in [5.74, 6) is 2.41. The molecule has 1 heterocycles. The maximum atomic E-state index is 5.87. The van der Waals surface area contributed by atoms with Gasteiger partial charge in [0.05, 0.1) is 14.2 Å². The quantitative estimate of drug-likeness (QED) is 0.687. The largest absolute Gasteiger partial charge is 0.496 e. The first-order chi connectivity index (χ1) is 11.7. The van der Waals surface area contributed by atoms with E-state index < -0.39 is 0 Å². The monoisotopic (exact) mass is 343 g/mol. The Morgan fingerprint density at radius 3 is 2.58 bits per heavy atom. The number of benzene rings is 2. The van der Waals surface area contributed by atoms with Gasteiger partial charge < -0.3 is 14.8 Å². The molecule has 0 fully saturated rings.